The number of nitrogens with two attached hydrogens (primary N) is 1. The topological polar surface area (TPSA) is 435 Å². The normalized spacial score (nSPS) is 20.4. The smallest absolute Gasteiger partial charge is 0.481 e. The van der Waals surface area contributed by atoms with E-state index in [9.17, 15) is 72.2 Å². The predicted molar refractivity (Wildman–Crippen MR) is 205 cm³/mol. The van der Waals surface area contributed by atoms with Crippen LogP contribution in [-0.4, -0.2) is 145 Å². The number of hydrogen-bond acceptors (Lipinski definition) is 21. The standard InChI is InChI=1S/C25H40N7O18P3S.C4H6O3/c1-13(33)8-16(35)54-7-6-27-15(34)4-5-28-23(38)20(37)25(2,3)10-47-53(44,45)50-52(42,43)46-9-14-19(49-51(39,40)41)18(36)24(48-14)32-12-31-17-21(26)29-11-30-22(17)32;1-3(5)2-4(6)7/h11-12,14,18-20,24,36-37H,4-10H2,1-3H3,(H,27,34)(H,28,38)(H,42,43)(H,44,45)(H2,26,29,30)(H2,39,40,41);2H2,1H3,(H,6,7)/t14-,18-,19-,20+,24-;/m1./s1. The molecule has 2 aromatic rings. The van der Waals surface area contributed by atoms with Crippen molar-refractivity contribution in [2.24, 2.45) is 5.41 Å². The average Bonchev–Trinajstić information content (AvgIpc) is 3.67. The minimum Gasteiger partial charge on any atom is -0.481 e. The van der Waals surface area contributed by atoms with Crippen molar-refractivity contribution in [1.82, 2.24) is 30.2 Å². The second-order valence-corrected chi connectivity index (χ2v) is 18.8. The van der Waals surface area contributed by atoms with Crippen LogP contribution in [-0.2, 0) is 65.1 Å². The molecule has 28 nitrogen and oxygen atoms in total. The largest absolute Gasteiger partial charge is 0.481 e. The molecular weight excluding hydrogens is 907 g/mol. The summed E-state index contributed by atoms with van der Waals surface area (Å²) in [5.41, 5.74) is 4.22. The Bertz CT molecular complexity index is 2040. The van der Waals surface area contributed by atoms with Gasteiger partial charge in [0, 0.05) is 30.7 Å². The molecule has 0 bridgehead atoms. The van der Waals surface area contributed by atoms with Gasteiger partial charge in [0.05, 0.1) is 26.0 Å². The van der Waals surface area contributed by atoms with Crippen molar-refractivity contribution in [3.8, 4) is 0 Å². The van der Waals surface area contributed by atoms with E-state index < -0.39 is 90.5 Å². The Kier molecular flexibility index (Phi) is 20.3. The highest BCUT2D eigenvalue weighted by atomic mass is 32.2. The number of aliphatic hydroxyl groups is 2. The first-order chi connectivity index (χ1) is 28.0. The molecule has 2 unspecified atom stereocenters. The maximum absolute atomic E-state index is 12.6. The van der Waals surface area contributed by atoms with Crippen LogP contribution >= 0.6 is 35.2 Å². The molecule has 11 N–H and O–H groups in total. The Balaban J connectivity index is 0.00000168. The lowest BCUT2D eigenvalue weighted by atomic mass is 9.87. The molecular formula is C29H46N7O21P3S. The number of Topliss-reactive ketones (excluding diaryl/α,β-unsaturated/α-hetero) is 2. The average molecular weight is 954 g/mol. The minimum atomic E-state index is -5.58. The number of nitrogen functional groups attached to an aromatic ring is 1. The molecule has 0 saturated carbocycles. The summed E-state index contributed by atoms with van der Waals surface area (Å²) in [6.07, 6.45) is -7.60. The number of aromatic nitrogens is 4. The molecule has 1 aliphatic rings. The number of fused-ring (bicyclic) bond motifs is 1. The van der Waals surface area contributed by atoms with Gasteiger partial charge < -0.3 is 56.0 Å². The second-order valence-electron chi connectivity index (χ2n) is 13.4. The van der Waals surface area contributed by atoms with E-state index in [1.54, 1.807) is 0 Å². The van der Waals surface area contributed by atoms with Crippen molar-refractivity contribution in [1.29, 1.82) is 0 Å². The van der Waals surface area contributed by atoms with Crippen LogP contribution in [0.5, 0.6) is 0 Å². The summed E-state index contributed by atoms with van der Waals surface area (Å²) in [5, 5.41) is 33.7. The number of thioether (sulfide) groups is 1. The number of aliphatic carboxylic acids is 1. The zero-order valence-electron chi connectivity index (χ0n) is 32.7. The Morgan fingerprint density at radius 3 is 2.16 bits per heavy atom. The molecule has 0 spiro atoms. The molecule has 7 atom stereocenters. The highest BCUT2D eigenvalue weighted by Gasteiger charge is 2.50. The van der Waals surface area contributed by atoms with Gasteiger partial charge >= 0.3 is 29.4 Å². The van der Waals surface area contributed by atoms with Gasteiger partial charge in [-0.25, -0.2) is 28.6 Å². The third-order valence-corrected chi connectivity index (χ3v) is 11.5. The van der Waals surface area contributed by atoms with Crippen molar-refractivity contribution in [3.05, 3.63) is 12.7 Å². The van der Waals surface area contributed by atoms with E-state index in [1.165, 1.54) is 27.7 Å². The maximum atomic E-state index is 12.6. The van der Waals surface area contributed by atoms with E-state index in [0.717, 1.165) is 29.0 Å². The fraction of sp³-hybridized carbons (Fsp3) is 0.621. The number of phosphoric acid groups is 3. The molecule has 61 heavy (non-hydrogen) atoms. The van der Waals surface area contributed by atoms with Gasteiger partial charge in [-0.3, -0.25) is 46.9 Å². The zero-order valence-corrected chi connectivity index (χ0v) is 36.2. The number of anilines is 1. The van der Waals surface area contributed by atoms with Gasteiger partial charge in [-0.15, -0.1) is 0 Å². The summed E-state index contributed by atoms with van der Waals surface area (Å²) in [6, 6.07) is 0. The molecule has 2 amide bonds. The van der Waals surface area contributed by atoms with Crippen LogP contribution in [0.4, 0.5) is 5.82 Å². The van der Waals surface area contributed by atoms with Gasteiger partial charge in [-0.05, 0) is 13.8 Å². The monoisotopic (exact) mass is 953 g/mol. The Hall–Kier alpha value is -3.63. The molecule has 32 heteroatoms. The van der Waals surface area contributed by atoms with Crippen molar-refractivity contribution < 1.29 is 100.0 Å². The van der Waals surface area contributed by atoms with Crippen LogP contribution in [0.3, 0.4) is 0 Å². The summed E-state index contributed by atoms with van der Waals surface area (Å²) in [6.45, 7) is 2.82. The summed E-state index contributed by atoms with van der Waals surface area (Å²) >= 11 is 0.878. The first kappa shape index (κ1) is 53.5. The van der Waals surface area contributed by atoms with Crippen LogP contribution in [0.25, 0.3) is 11.2 Å². The van der Waals surface area contributed by atoms with Crippen LogP contribution in [0.2, 0.25) is 0 Å². The van der Waals surface area contributed by atoms with E-state index in [0.29, 0.717) is 0 Å². The van der Waals surface area contributed by atoms with Gasteiger partial charge in [0.2, 0.25) is 11.8 Å². The first-order valence-corrected chi connectivity index (χ1v) is 22.8. The number of nitrogens with zero attached hydrogens (tertiary/aromatic N) is 4. The molecule has 0 aliphatic carbocycles. The number of ether oxygens (including phenoxy) is 1. The van der Waals surface area contributed by atoms with E-state index >= 15 is 0 Å². The highest BCUT2D eigenvalue weighted by Crippen LogP contribution is 2.61. The number of aliphatic hydroxyl groups excluding tert-OH is 2. The van der Waals surface area contributed by atoms with Gasteiger partial charge in [0.25, 0.3) is 0 Å². The number of hydrogen-bond donors (Lipinski definition) is 10. The Morgan fingerprint density at radius 1 is 0.967 bits per heavy atom. The predicted octanol–water partition coefficient (Wildman–Crippen LogP) is -1.31. The Morgan fingerprint density at radius 2 is 1.59 bits per heavy atom. The number of carboxylic acids is 1. The zero-order chi connectivity index (χ0) is 46.5. The maximum Gasteiger partial charge on any atom is 0.481 e. The SMILES string of the molecule is CC(=O)CC(=O)O.CC(=O)CC(=O)SCCNC(=O)CCNC(=O)[C@H](O)C(C)(C)COP(=O)(O)OP(=O)(O)OC[C@H]1O[C@@H](n2cnc3c(N)ncnc32)[C@H](O)[C@@H]1OP(=O)(O)O. The van der Waals surface area contributed by atoms with E-state index in [4.69, 9.17) is 24.6 Å². The fourth-order valence-corrected chi connectivity index (χ4v) is 8.33. The summed E-state index contributed by atoms with van der Waals surface area (Å²) in [7, 11) is -16.4. The molecule has 3 rings (SSSR count). The van der Waals surface area contributed by atoms with E-state index in [-0.39, 0.29) is 71.8 Å². The first-order valence-electron chi connectivity index (χ1n) is 17.3. The molecule has 2 aromatic heterocycles. The molecule has 1 fully saturated rings. The van der Waals surface area contributed by atoms with Crippen molar-refractivity contribution in [2.75, 3.05) is 37.8 Å². The van der Waals surface area contributed by atoms with E-state index in [2.05, 4.69) is 34.4 Å². The number of nitrogens with one attached hydrogen (secondary N) is 2. The second kappa shape index (κ2) is 23.2. The van der Waals surface area contributed by atoms with Crippen LogP contribution in [0.1, 0.15) is 53.2 Å². The lowest BCUT2D eigenvalue weighted by molar-refractivity contribution is -0.140. The number of carbonyl (C=O) groups excluding carboxylic acids is 5. The van der Waals surface area contributed by atoms with Crippen molar-refractivity contribution in [2.45, 2.75) is 77.6 Å². The summed E-state index contributed by atoms with van der Waals surface area (Å²) in [4.78, 5) is 117. The Labute approximate surface area is 349 Å². The number of imidazole rings is 1. The van der Waals surface area contributed by atoms with Crippen LogP contribution in [0.15, 0.2) is 12.7 Å². The van der Waals surface area contributed by atoms with Crippen LogP contribution in [0, 0.1) is 5.41 Å². The lowest BCUT2D eigenvalue weighted by Crippen LogP contribution is -2.46. The number of phosphoric ester groups is 3. The van der Waals surface area contributed by atoms with Gasteiger partial charge in [-0.1, -0.05) is 25.6 Å². The quantitative estimate of drug-likeness (QED) is 0.0351. The molecule has 3 heterocycles. The highest BCUT2D eigenvalue weighted by molar-refractivity contribution is 8.13. The van der Waals surface area contributed by atoms with Crippen molar-refractivity contribution >= 4 is 86.7 Å². The molecule has 344 valence electrons. The molecule has 1 saturated heterocycles. The van der Waals surface area contributed by atoms with Crippen LogP contribution < -0.4 is 16.4 Å². The number of rotatable bonds is 23. The van der Waals surface area contributed by atoms with Gasteiger partial charge in [-0.2, -0.15) is 4.31 Å². The summed E-state index contributed by atoms with van der Waals surface area (Å²) in [5.74, 6) is -2.98. The lowest BCUT2D eigenvalue weighted by Gasteiger charge is -2.30. The third kappa shape index (κ3) is 18.7. The molecule has 1 aliphatic heterocycles. The summed E-state index contributed by atoms with van der Waals surface area (Å²) < 4.78 is 61.9. The molecule has 0 aromatic carbocycles. The number of carboxylic acid groups (broad SMARTS) is 1. The number of amides is 2. The third-order valence-electron chi connectivity index (χ3n) is 7.56. The number of ketones is 2. The minimum absolute atomic E-state index is 0.0240. The fourth-order valence-electron chi connectivity index (χ4n) is 4.76. The van der Waals surface area contributed by atoms with E-state index in [1.807, 2.05) is 0 Å². The molecule has 0 radical (unpaired) electrons. The van der Waals surface area contributed by atoms with Gasteiger partial charge in [0.1, 0.15) is 54.2 Å². The number of carbonyl (C=O) groups is 6. The van der Waals surface area contributed by atoms with Crippen molar-refractivity contribution in [3.63, 3.8) is 0 Å². The van der Waals surface area contributed by atoms with Gasteiger partial charge in [0.15, 0.2) is 22.8 Å².